The lowest BCUT2D eigenvalue weighted by atomic mass is 10.0. The molecule has 1 aliphatic carbocycles. The Balaban J connectivity index is 1.38. The van der Waals surface area contributed by atoms with Gasteiger partial charge in [0.2, 0.25) is 5.91 Å². The van der Waals surface area contributed by atoms with Gasteiger partial charge < -0.3 is 25.6 Å². The van der Waals surface area contributed by atoms with Gasteiger partial charge >= 0.3 is 0 Å². The van der Waals surface area contributed by atoms with Crippen molar-refractivity contribution in [3.63, 3.8) is 0 Å². The summed E-state index contributed by atoms with van der Waals surface area (Å²) >= 11 is 0. The number of para-hydroxylation sites is 1. The molecule has 3 amide bonds. The number of rotatable bonds is 11. The number of carbonyl (C=O) groups is 3. The zero-order valence-electron chi connectivity index (χ0n) is 25.0. The molecule has 3 aromatic heterocycles. The lowest BCUT2D eigenvalue weighted by Crippen LogP contribution is -2.27. The molecule has 234 valence electrons. The highest BCUT2D eigenvalue weighted by atomic mass is 19.3. The van der Waals surface area contributed by atoms with Crippen molar-refractivity contribution in [2.75, 3.05) is 31.8 Å². The molecular formula is C30H31F2N9O4. The van der Waals surface area contributed by atoms with Crippen molar-refractivity contribution in [1.29, 1.82) is 0 Å². The van der Waals surface area contributed by atoms with Crippen LogP contribution >= 0.6 is 0 Å². The first-order chi connectivity index (χ1) is 21.6. The molecule has 0 bridgehead atoms. The van der Waals surface area contributed by atoms with Gasteiger partial charge in [-0.1, -0.05) is 18.2 Å². The third-order valence-corrected chi connectivity index (χ3v) is 7.12. The second-order valence-electron chi connectivity index (χ2n) is 10.5. The minimum absolute atomic E-state index is 0.00924. The maximum Gasteiger partial charge on any atom is 0.282 e. The molecule has 15 heteroatoms. The molecule has 13 nitrogen and oxygen atoms in total. The van der Waals surface area contributed by atoms with E-state index in [-0.39, 0.29) is 52.5 Å². The summed E-state index contributed by atoms with van der Waals surface area (Å²) in [5, 5.41) is 20.2. The number of alkyl halides is 2. The number of hydrogen-bond acceptors (Lipinski definition) is 9. The molecule has 0 atom stereocenters. The standard InChI is InChI=1S/C30H31F2N9O4/c1-33-29(43)25-22(12-23(37-38-25)36-28(42)16-8-9-16)35-20-7-5-6-19(26(20)45-4)17-10-11-21(34-13-17)30(44)40(2)14-18-15-41(3)39-24(18)27(31)32/h5-7,10-13,15-16,27H,8-9,14H2,1-4H3,(H,33,43)(H2,35,36,37,42). The molecule has 45 heavy (non-hydrogen) atoms. The summed E-state index contributed by atoms with van der Waals surface area (Å²) < 4.78 is 33.7. The van der Waals surface area contributed by atoms with E-state index < -0.39 is 18.2 Å². The van der Waals surface area contributed by atoms with Crippen molar-refractivity contribution in [3.05, 3.63) is 71.4 Å². The Morgan fingerprint density at radius 2 is 1.91 bits per heavy atom. The fourth-order valence-electron chi connectivity index (χ4n) is 4.70. The second-order valence-corrected chi connectivity index (χ2v) is 10.5. The van der Waals surface area contributed by atoms with Crippen molar-refractivity contribution < 1.29 is 27.9 Å². The molecule has 1 aromatic carbocycles. The van der Waals surface area contributed by atoms with E-state index in [4.69, 9.17) is 4.74 Å². The summed E-state index contributed by atoms with van der Waals surface area (Å²) in [6.45, 7) is -0.0643. The van der Waals surface area contributed by atoms with E-state index in [9.17, 15) is 23.2 Å². The Labute approximate surface area is 257 Å². The van der Waals surface area contributed by atoms with Crippen molar-refractivity contribution in [2.45, 2.75) is 25.8 Å². The number of benzene rings is 1. The molecule has 3 N–H and O–H groups in total. The van der Waals surface area contributed by atoms with Crippen LogP contribution in [0, 0.1) is 5.92 Å². The molecule has 4 aromatic rings. The van der Waals surface area contributed by atoms with E-state index in [1.807, 2.05) is 0 Å². The lowest BCUT2D eigenvalue weighted by molar-refractivity contribution is -0.117. The number of amides is 3. The van der Waals surface area contributed by atoms with Gasteiger partial charge in [-0.25, -0.2) is 8.78 Å². The molecule has 1 fully saturated rings. The van der Waals surface area contributed by atoms with Crippen molar-refractivity contribution in [2.24, 2.45) is 13.0 Å². The van der Waals surface area contributed by atoms with Crippen LogP contribution in [0.4, 0.5) is 26.0 Å². The van der Waals surface area contributed by atoms with E-state index in [1.165, 1.54) is 62.4 Å². The third-order valence-electron chi connectivity index (χ3n) is 7.12. The molecule has 0 radical (unpaired) electrons. The topological polar surface area (TPSA) is 156 Å². The molecular weight excluding hydrogens is 588 g/mol. The van der Waals surface area contributed by atoms with Crippen LogP contribution in [-0.4, -0.2) is 68.8 Å². The Kier molecular flexibility index (Phi) is 8.97. The number of anilines is 3. The zero-order valence-corrected chi connectivity index (χ0v) is 25.0. The lowest BCUT2D eigenvalue weighted by Gasteiger charge is -2.18. The highest BCUT2D eigenvalue weighted by Crippen LogP contribution is 2.38. The first-order valence-electron chi connectivity index (χ1n) is 14.0. The average molecular weight is 620 g/mol. The first-order valence-corrected chi connectivity index (χ1v) is 14.0. The van der Waals surface area contributed by atoms with Crippen molar-refractivity contribution >= 4 is 34.9 Å². The van der Waals surface area contributed by atoms with E-state index in [0.717, 1.165) is 12.8 Å². The quantitative estimate of drug-likeness (QED) is 0.226. The van der Waals surface area contributed by atoms with Gasteiger partial charge in [-0.15, -0.1) is 10.2 Å². The molecule has 5 rings (SSSR count). The van der Waals surface area contributed by atoms with Crippen LogP contribution in [-0.2, 0) is 18.4 Å². The summed E-state index contributed by atoms with van der Waals surface area (Å²) in [6, 6.07) is 10.1. The average Bonchev–Trinajstić information content (AvgIpc) is 3.82. The fraction of sp³-hybridized carbons (Fsp3) is 0.300. The molecule has 0 saturated heterocycles. The number of halogens is 2. The molecule has 0 spiro atoms. The number of carbonyl (C=O) groups excluding carboxylic acids is 3. The number of nitrogens with one attached hydrogen (secondary N) is 3. The summed E-state index contributed by atoms with van der Waals surface area (Å²) in [7, 11) is 6.00. The van der Waals surface area contributed by atoms with Gasteiger partial charge in [0.05, 0.1) is 18.5 Å². The van der Waals surface area contributed by atoms with E-state index >= 15 is 0 Å². The number of hydrogen-bond donors (Lipinski definition) is 3. The Morgan fingerprint density at radius 3 is 2.56 bits per heavy atom. The van der Waals surface area contributed by atoms with Gasteiger partial charge in [0, 0.05) is 68.8 Å². The number of methoxy groups -OCH3 is 1. The summed E-state index contributed by atoms with van der Waals surface area (Å²) in [4.78, 5) is 43.5. The highest BCUT2D eigenvalue weighted by Gasteiger charge is 2.30. The van der Waals surface area contributed by atoms with Crippen LogP contribution in [0.2, 0.25) is 0 Å². The number of aryl methyl sites for hydroxylation is 1. The Hall–Kier alpha value is -5.47. The van der Waals surface area contributed by atoms with Crippen LogP contribution in [0.25, 0.3) is 11.1 Å². The minimum Gasteiger partial charge on any atom is -0.494 e. The van der Waals surface area contributed by atoms with Crippen molar-refractivity contribution in [3.8, 4) is 16.9 Å². The minimum atomic E-state index is -2.76. The Bertz CT molecular complexity index is 1740. The largest absolute Gasteiger partial charge is 0.494 e. The number of aromatic nitrogens is 5. The van der Waals surface area contributed by atoms with E-state index in [0.29, 0.717) is 22.6 Å². The number of nitrogens with zero attached hydrogens (tertiary/aromatic N) is 6. The van der Waals surface area contributed by atoms with Gasteiger partial charge in [-0.05, 0) is 25.0 Å². The number of pyridine rings is 1. The predicted molar refractivity (Wildman–Crippen MR) is 160 cm³/mol. The summed E-state index contributed by atoms with van der Waals surface area (Å²) in [5.41, 5.74) is 2.03. The third kappa shape index (κ3) is 6.87. The monoisotopic (exact) mass is 619 g/mol. The van der Waals surface area contributed by atoms with Gasteiger partial charge in [-0.3, -0.25) is 24.0 Å². The van der Waals surface area contributed by atoms with Crippen LogP contribution in [0.5, 0.6) is 5.75 Å². The van der Waals surface area contributed by atoms with Gasteiger partial charge in [0.1, 0.15) is 17.1 Å². The summed E-state index contributed by atoms with van der Waals surface area (Å²) in [5.74, 6) is -0.532. The van der Waals surface area contributed by atoms with Crippen LogP contribution in [0.3, 0.4) is 0 Å². The molecule has 3 heterocycles. The van der Waals surface area contributed by atoms with Gasteiger partial charge in [0.15, 0.2) is 11.5 Å². The summed E-state index contributed by atoms with van der Waals surface area (Å²) in [6.07, 6.45) is 1.84. The van der Waals surface area contributed by atoms with Gasteiger partial charge in [0.25, 0.3) is 18.2 Å². The smallest absolute Gasteiger partial charge is 0.282 e. The van der Waals surface area contributed by atoms with Crippen LogP contribution in [0.15, 0.2) is 48.8 Å². The molecule has 0 aliphatic heterocycles. The van der Waals surface area contributed by atoms with Crippen LogP contribution < -0.4 is 20.7 Å². The molecule has 0 unspecified atom stereocenters. The Morgan fingerprint density at radius 1 is 1.13 bits per heavy atom. The predicted octanol–water partition coefficient (Wildman–Crippen LogP) is 3.94. The molecule has 1 aliphatic rings. The normalized spacial score (nSPS) is 12.5. The van der Waals surface area contributed by atoms with E-state index in [1.54, 1.807) is 24.3 Å². The second kappa shape index (κ2) is 13.0. The maximum atomic E-state index is 13.4. The highest BCUT2D eigenvalue weighted by molar-refractivity contribution is 6.00. The van der Waals surface area contributed by atoms with Crippen molar-refractivity contribution in [1.82, 2.24) is 35.2 Å². The first kappa shape index (κ1) is 31.0. The zero-order chi connectivity index (χ0) is 32.2. The maximum absolute atomic E-state index is 13.4. The fourth-order valence-corrected chi connectivity index (χ4v) is 4.70. The van der Waals surface area contributed by atoms with E-state index in [2.05, 4.69) is 36.2 Å². The number of ether oxygens (including phenoxy) is 1. The molecule has 1 saturated carbocycles. The van der Waals surface area contributed by atoms with Gasteiger partial charge in [-0.2, -0.15) is 5.10 Å². The SMILES string of the molecule is CNC(=O)c1nnc(NC(=O)C2CC2)cc1Nc1cccc(-c2ccc(C(=O)N(C)Cc3cn(C)nc3C(F)F)nc2)c1OC. The van der Waals surface area contributed by atoms with Crippen LogP contribution in [0.1, 0.15) is 51.5 Å².